The van der Waals surface area contributed by atoms with E-state index in [4.69, 9.17) is 14.8 Å². The summed E-state index contributed by atoms with van der Waals surface area (Å²) < 4.78 is 5.38. The maximum absolute atomic E-state index is 10.9. The van der Waals surface area contributed by atoms with Crippen molar-refractivity contribution in [2.75, 3.05) is 5.32 Å². The van der Waals surface area contributed by atoms with Crippen LogP contribution in [-0.4, -0.2) is 11.1 Å². The molecular weight excluding hydrogens is 256 g/mol. The first kappa shape index (κ1) is 13.7. The van der Waals surface area contributed by atoms with E-state index in [0.29, 0.717) is 29.3 Å². The van der Waals surface area contributed by atoms with Gasteiger partial charge in [-0.25, -0.2) is 4.79 Å². The number of rotatable bonds is 4. The van der Waals surface area contributed by atoms with Gasteiger partial charge in [0.25, 0.3) is 0 Å². The summed E-state index contributed by atoms with van der Waals surface area (Å²) in [5.41, 5.74) is 2.33. The zero-order valence-electron chi connectivity index (χ0n) is 11.2. The van der Waals surface area contributed by atoms with Gasteiger partial charge in [-0.05, 0) is 31.5 Å². The van der Waals surface area contributed by atoms with Gasteiger partial charge in [0.2, 0.25) is 0 Å². The molecule has 0 radical (unpaired) electrons. The van der Waals surface area contributed by atoms with Crippen molar-refractivity contribution in [3.63, 3.8) is 0 Å². The number of carboxylic acid groups (broad SMARTS) is 1. The maximum atomic E-state index is 10.9. The molecule has 0 aliphatic rings. The number of aromatic carboxylic acids is 1. The molecule has 1 aromatic heterocycles. The van der Waals surface area contributed by atoms with E-state index in [1.54, 1.807) is 13.0 Å². The lowest BCUT2D eigenvalue weighted by molar-refractivity contribution is 0.0695. The fourth-order valence-corrected chi connectivity index (χ4v) is 1.99. The van der Waals surface area contributed by atoms with Gasteiger partial charge in [0.1, 0.15) is 23.2 Å². The molecule has 5 nitrogen and oxygen atoms in total. The first-order chi connectivity index (χ1) is 9.52. The van der Waals surface area contributed by atoms with Crippen molar-refractivity contribution in [2.24, 2.45) is 0 Å². The number of hydrogen-bond acceptors (Lipinski definition) is 4. The van der Waals surface area contributed by atoms with E-state index in [-0.39, 0.29) is 5.56 Å². The zero-order chi connectivity index (χ0) is 14.7. The van der Waals surface area contributed by atoms with Gasteiger partial charge in [-0.3, -0.25) is 0 Å². The average molecular weight is 270 g/mol. The molecule has 0 saturated carbocycles. The van der Waals surface area contributed by atoms with Gasteiger partial charge in [0.15, 0.2) is 0 Å². The summed E-state index contributed by atoms with van der Waals surface area (Å²) in [5, 5.41) is 21.2. The van der Waals surface area contributed by atoms with E-state index in [1.807, 2.05) is 19.1 Å². The van der Waals surface area contributed by atoms with Crippen LogP contribution in [0.15, 0.2) is 28.7 Å². The Morgan fingerprint density at radius 2 is 2.20 bits per heavy atom. The highest BCUT2D eigenvalue weighted by atomic mass is 16.4. The van der Waals surface area contributed by atoms with Gasteiger partial charge >= 0.3 is 5.97 Å². The fourth-order valence-electron chi connectivity index (χ4n) is 1.99. The second-order valence-corrected chi connectivity index (χ2v) is 4.45. The van der Waals surface area contributed by atoms with Crippen LogP contribution in [0.2, 0.25) is 0 Å². The highest BCUT2D eigenvalue weighted by Crippen LogP contribution is 2.20. The van der Waals surface area contributed by atoms with Crippen LogP contribution in [0.4, 0.5) is 5.69 Å². The summed E-state index contributed by atoms with van der Waals surface area (Å²) in [6.45, 7) is 3.80. The minimum atomic E-state index is -1.01. The molecule has 1 aromatic carbocycles. The van der Waals surface area contributed by atoms with E-state index in [0.717, 1.165) is 5.56 Å². The molecular formula is C15H14N2O3. The van der Waals surface area contributed by atoms with Crippen molar-refractivity contribution in [1.82, 2.24) is 0 Å². The second kappa shape index (κ2) is 5.49. The van der Waals surface area contributed by atoms with Crippen molar-refractivity contribution in [3.05, 3.63) is 52.5 Å². The van der Waals surface area contributed by atoms with Crippen LogP contribution in [0.5, 0.6) is 0 Å². The summed E-state index contributed by atoms with van der Waals surface area (Å²) in [6, 6.07) is 9.17. The van der Waals surface area contributed by atoms with Crippen molar-refractivity contribution in [2.45, 2.75) is 20.4 Å². The quantitative estimate of drug-likeness (QED) is 0.891. The molecule has 0 aliphatic heterocycles. The van der Waals surface area contributed by atoms with Crippen LogP contribution in [-0.2, 0) is 6.54 Å². The largest absolute Gasteiger partial charge is 0.478 e. The molecule has 2 aromatic rings. The van der Waals surface area contributed by atoms with Crippen molar-refractivity contribution < 1.29 is 14.3 Å². The Hall–Kier alpha value is -2.74. The van der Waals surface area contributed by atoms with Gasteiger partial charge in [-0.1, -0.05) is 12.1 Å². The number of aryl methyl sites for hydroxylation is 2. The predicted octanol–water partition coefficient (Wildman–Crippen LogP) is 3.08. The predicted molar refractivity (Wildman–Crippen MR) is 73.6 cm³/mol. The number of furan rings is 1. The number of nitriles is 1. The molecule has 0 fully saturated rings. The third-order valence-corrected chi connectivity index (χ3v) is 3.04. The molecule has 5 heteroatoms. The summed E-state index contributed by atoms with van der Waals surface area (Å²) >= 11 is 0. The van der Waals surface area contributed by atoms with E-state index in [9.17, 15) is 4.79 Å². The van der Waals surface area contributed by atoms with Gasteiger partial charge < -0.3 is 14.8 Å². The molecule has 0 aliphatic carbocycles. The normalized spacial score (nSPS) is 10.1. The third-order valence-electron chi connectivity index (χ3n) is 3.04. The van der Waals surface area contributed by atoms with Gasteiger partial charge in [-0.2, -0.15) is 5.26 Å². The number of benzene rings is 1. The third kappa shape index (κ3) is 2.64. The topological polar surface area (TPSA) is 86.3 Å². The monoisotopic (exact) mass is 270 g/mol. The van der Waals surface area contributed by atoms with Crippen molar-refractivity contribution in [1.29, 1.82) is 5.26 Å². The molecule has 20 heavy (non-hydrogen) atoms. The molecule has 0 bridgehead atoms. The Bertz CT molecular complexity index is 696. The molecule has 0 atom stereocenters. The lowest BCUT2D eigenvalue weighted by Gasteiger charge is -2.08. The fraction of sp³-hybridized carbons (Fsp3) is 0.200. The van der Waals surface area contributed by atoms with Crippen LogP contribution in [0.1, 0.15) is 33.0 Å². The summed E-state index contributed by atoms with van der Waals surface area (Å²) in [6.07, 6.45) is 0. The van der Waals surface area contributed by atoms with Crippen molar-refractivity contribution >= 4 is 11.7 Å². The first-order valence-electron chi connectivity index (χ1n) is 6.09. The molecule has 102 valence electrons. The zero-order valence-corrected chi connectivity index (χ0v) is 11.2. The minimum Gasteiger partial charge on any atom is -0.478 e. The molecule has 0 spiro atoms. The van der Waals surface area contributed by atoms with Crippen molar-refractivity contribution in [3.8, 4) is 6.07 Å². The highest BCUT2D eigenvalue weighted by molar-refractivity contribution is 5.88. The molecule has 0 saturated heterocycles. The van der Waals surface area contributed by atoms with Crippen LogP contribution in [0.3, 0.4) is 0 Å². The lowest BCUT2D eigenvalue weighted by atomic mass is 10.1. The molecule has 2 rings (SSSR count). The smallest absolute Gasteiger partial charge is 0.339 e. The van der Waals surface area contributed by atoms with E-state index < -0.39 is 5.97 Å². The Morgan fingerprint density at radius 3 is 2.80 bits per heavy atom. The Labute approximate surface area is 116 Å². The number of nitrogens with one attached hydrogen (secondary N) is 1. The Kier molecular flexibility index (Phi) is 3.76. The average Bonchev–Trinajstić information content (AvgIpc) is 2.78. The van der Waals surface area contributed by atoms with Gasteiger partial charge in [0.05, 0.1) is 17.8 Å². The summed E-state index contributed by atoms with van der Waals surface area (Å²) in [4.78, 5) is 10.9. The highest BCUT2D eigenvalue weighted by Gasteiger charge is 2.13. The van der Waals surface area contributed by atoms with Crippen LogP contribution in [0.25, 0.3) is 0 Å². The van der Waals surface area contributed by atoms with Crippen LogP contribution >= 0.6 is 0 Å². The Morgan fingerprint density at radius 1 is 1.45 bits per heavy atom. The minimum absolute atomic E-state index is 0.159. The summed E-state index contributed by atoms with van der Waals surface area (Å²) in [5.74, 6) is -0.116. The number of carboxylic acids is 1. The standard InChI is InChI=1S/C15H14N2O3/c1-9-4-3-5-14(13(9)7-16)17-8-11-6-12(15(18)19)10(2)20-11/h3-6,17H,8H2,1-2H3,(H,18,19). The van der Waals surface area contributed by atoms with E-state index in [2.05, 4.69) is 11.4 Å². The van der Waals surface area contributed by atoms with Crippen LogP contribution in [0, 0.1) is 25.2 Å². The molecule has 1 heterocycles. The van der Waals surface area contributed by atoms with Gasteiger partial charge in [-0.15, -0.1) is 0 Å². The number of anilines is 1. The molecule has 0 unspecified atom stereocenters. The second-order valence-electron chi connectivity index (χ2n) is 4.45. The maximum Gasteiger partial charge on any atom is 0.339 e. The molecule has 0 amide bonds. The molecule has 2 N–H and O–H groups in total. The first-order valence-corrected chi connectivity index (χ1v) is 6.09. The van der Waals surface area contributed by atoms with E-state index >= 15 is 0 Å². The lowest BCUT2D eigenvalue weighted by Crippen LogP contribution is -2.01. The van der Waals surface area contributed by atoms with E-state index in [1.165, 1.54) is 6.07 Å². The SMILES string of the molecule is Cc1cccc(NCc2cc(C(=O)O)c(C)o2)c1C#N. The van der Waals surface area contributed by atoms with Crippen LogP contribution < -0.4 is 5.32 Å². The number of nitrogens with zero attached hydrogens (tertiary/aromatic N) is 1. The van der Waals surface area contributed by atoms with Gasteiger partial charge in [0, 0.05) is 0 Å². The number of carbonyl (C=O) groups is 1. The Balaban J connectivity index is 2.18. The number of hydrogen-bond donors (Lipinski definition) is 2. The summed E-state index contributed by atoms with van der Waals surface area (Å²) in [7, 11) is 0.